The number of rotatable bonds is 1. The predicted octanol–water partition coefficient (Wildman–Crippen LogP) is 2.67. The van der Waals surface area contributed by atoms with Gasteiger partial charge in [-0.2, -0.15) is 0 Å². The van der Waals surface area contributed by atoms with Crippen molar-refractivity contribution in [3.8, 4) is 5.75 Å². The Balaban J connectivity index is 0.000000310. The lowest BCUT2D eigenvalue weighted by Gasteiger charge is -1.93. The van der Waals surface area contributed by atoms with Crippen LogP contribution in [-0.4, -0.2) is 18.3 Å². The molecule has 0 bridgehead atoms. The van der Waals surface area contributed by atoms with Gasteiger partial charge in [0.05, 0.1) is 0 Å². The van der Waals surface area contributed by atoms with E-state index >= 15 is 0 Å². The molecular formula is C9H12ClFO2. The van der Waals surface area contributed by atoms with Gasteiger partial charge in [0.25, 0.3) is 0 Å². The summed E-state index contributed by atoms with van der Waals surface area (Å²) in [6.07, 6.45) is 0. The molecule has 4 heteroatoms. The molecule has 0 aliphatic heterocycles. The fraction of sp³-hybridized carbons (Fsp3) is 0.333. The molecule has 13 heavy (non-hydrogen) atoms. The van der Waals surface area contributed by atoms with E-state index in [1.807, 2.05) is 0 Å². The number of phenols is 1. The minimum atomic E-state index is -0.569. The molecule has 0 fully saturated rings. The van der Waals surface area contributed by atoms with E-state index < -0.39 is 5.82 Å². The van der Waals surface area contributed by atoms with Gasteiger partial charge in [-0.15, -0.1) is 0 Å². The van der Waals surface area contributed by atoms with Crippen molar-refractivity contribution < 1.29 is 14.2 Å². The van der Waals surface area contributed by atoms with E-state index in [-0.39, 0.29) is 5.75 Å². The minimum absolute atomic E-state index is 0.282. The zero-order chi connectivity index (χ0) is 10.3. The number of ether oxygens (including phenoxy) is 1. The second-order valence-corrected chi connectivity index (χ2v) is 2.57. The smallest absolute Gasteiger partial charge is 0.164 e. The monoisotopic (exact) mass is 206 g/mol. The summed E-state index contributed by atoms with van der Waals surface area (Å²) in [6.45, 7) is 1.79. The maximum absolute atomic E-state index is 12.2. The van der Waals surface area contributed by atoms with Gasteiger partial charge < -0.3 is 9.84 Å². The van der Waals surface area contributed by atoms with Crippen LogP contribution in [0.3, 0.4) is 0 Å². The van der Waals surface area contributed by atoms with Gasteiger partial charge in [-0.25, -0.2) is 4.39 Å². The number of halogens is 2. The van der Waals surface area contributed by atoms with Crippen LogP contribution in [0.1, 0.15) is 5.56 Å². The number of alkyl halides is 1. The van der Waals surface area contributed by atoms with Crippen LogP contribution in [0.2, 0.25) is 0 Å². The molecule has 1 aromatic rings. The first-order valence-electron chi connectivity index (χ1n) is 3.61. The Morgan fingerprint density at radius 3 is 2.38 bits per heavy atom. The molecule has 0 radical (unpaired) electrons. The number of hydrogen-bond donors (Lipinski definition) is 1. The fourth-order valence-corrected chi connectivity index (χ4v) is 0.623. The number of hydrogen-bond acceptors (Lipinski definition) is 2. The summed E-state index contributed by atoms with van der Waals surface area (Å²) in [4.78, 5) is 0. The zero-order valence-corrected chi connectivity index (χ0v) is 8.31. The second kappa shape index (κ2) is 6.69. The standard InChI is InChI=1S/C7H7FO.C2H5ClO/c1-5-2-3-6(8)7(9)4-5;1-4-2-3/h2-4,9H,1H3;2H2,1H3. The van der Waals surface area contributed by atoms with Crippen LogP contribution in [0.4, 0.5) is 4.39 Å². The summed E-state index contributed by atoms with van der Waals surface area (Å²) in [5, 5.41) is 8.73. The molecule has 0 saturated carbocycles. The average Bonchev–Trinajstić information content (AvgIpc) is 2.12. The van der Waals surface area contributed by atoms with Crippen LogP contribution in [0.5, 0.6) is 5.75 Å². The Kier molecular flexibility index (Phi) is 6.28. The highest BCUT2D eigenvalue weighted by Gasteiger charge is 1.96. The molecule has 2 nitrogen and oxygen atoms in total. The van der Waals surface area contributed by atoms with Gasteiger partial charge in [-0.05, 0) is 24.6 Å². The largest absolute Gasteiger partial charge is 0.505 e. The summed E-state index contributed by atoms with van der Waals surface area (Å²) in [6, 6.07) is 4.52. The van der Waals surface area contributed by atoms with Crippen molar-refractivity contribution in [3.63, 3.8) is 0 Å². The highest BCUT2D eigenvalue weighted by Crippen LogP contribution is 2.15. The zero-order valence-electron chi connectivity index (χ0n) is 7.55. The van der Waals surface area contributed by atoms with Crippen molar-refractivity contribution in [1.29, 1.82) is 0 Å². The fourth-order valence-electron chi connectivity index (χ4n) is 0.623. The lowest BCUT2D eigenvalue weighted by Crippen LogP contribution is -1.75. The van der Waals surface area contributed by atoms with Crippen molar-refractivity contribution in [2.24, 2.45) is 0 Å². The number of phenolic OH excluding ortho intramolecular Hbond substituents is 1. The molecule has 0 aromatic heterocycles. The molecule has 0 aliphatic rings. The van der Waals surface area contributed by atoms with E-state index in [0.29, 0.717) is 6.07 Å². The highest BCUT2D eigenvalue weighted by atomic mass is 35.5. The molecule has 0 unspecified atom stereocenters. The Labute approximate surface area is 81.9 Å². The molecule has 0 amide bonds. The predicted molar refractivity (Wildman–Crippen MR) is 50.5 cm³/mol. The van der Waals surface area contributed by atoms with Gasteiger partial charge in [0.1, 0.15) is 6.07 Å². The number of methoxy groups -OCH3 is 1. The van der Waals surface area contributed by atoms with E-state index in [2.05, 4.69) is 4.74 Å². The third-order valence-electron chi connectivity index (χ3n) is 1.21. The van der Waals surface area contributed by atoms with E-state index in [9.17, 15) is 4.39 Å². The van der Waals surface area contributed by atoms with Crippen molar-refractivity contribution in [2.75, 3.05) is 13.2 Å². The Bertz CT molecular complexity index is 251. The van der Waals surface area contributed by atoms with Gasteiger partial charge in [0.15, 0.2) is 11.6 Å². The number of aromatic hydroxyl groups is 1. The molecular weight excluding hydrogens is 195 g/mol. The number of benzene rings is 1. The topological polar surface area (TPSA) is 29.5 Å². The third kappa shape index (κ3) is 5.44. The van der Waals surface area contributed by atoms with E-state index in [4.69, 9.17) is 16.7 Å². The molecule has 0 heterocycles. The second-order valence-electron chi connectivity index (χ2n) is 2.35. The maximum Gasteiger partial charge on any atom is 0.164 e. The normalized spacial score (nSPS) is 8.92. The molecule has 0 aliphatic carbocycles. The van der Waals surface area contributed by atoms with Crippen LogP contribution in [0.25, 0.3) is 0 Å². The van der Waals surface area contributed by atoms with E-state index in [1.165, 1.54) is 12.1 Å². The number of aryl methyl sites for hydroxylation is 1. The quantitative estimate of drug-likeness (QED) is 0.716. The summed E-state index contributed by atoms with van der Waals surface area (Å²) in [7, 11) is 1.55. The molecule has 74 valence electrons. The average molecular weight is 207 g/mol. The van der Waals surface area contributed by atoms with Gasteiger partial charge in [-0.1, -0.05) is 17.7 Å². The highest BCUT2D eigenvalue weighted by molar-refractivity contribution is 6.17. The van der Waals surface area contributed by atoms with Gasteiger partial charge >= 0.3 is 0 Å². The Morgan fingerprint density at radius 2 is 2.08 bits per heavy atom. The first-order chi connectivity index (χ1) is 6.11. The van der Waals surface area contributed by atoms with Gasteiger partial charge in [0.2, 0.25) is 0 Å². The minimum Gasteiger partial charge on any atom is -0.505 e. The molecule has 1 N–H and O–H groups in total. The van der Waals surface area contributed by atoms with Crippen LogP contribution in [-0.2, 0) is 4.74 Å². The van der Waals surface area contributed by atoms with Gasteiger partial charge in [-0.3, -0.25) is 0 Å². The molecule has 0 atom stereocenters. The van der Waals surface area contributed by atoms with E-state index in [0.717, 1.165) is 5.56 Å². The van der Waals surface area contributed by atoms with Crippen LogP contribution in [0.15, 0.2) is 18.2 Å². The Hall–Kier alpha value is -0.800. The van der Waals surface area contributed by atoms with Crippen molar-refractivity contribution in [2.45, 2.75) is 6.92 Å². The molecule has 0 saturated heterocycles. The first-order valence-corrected chi connectivity index (χ1v) is 4.15. The lowest BCUT2D eigenvalue weighted by atomic mass is 10.2. The Morgan fingerprint density at radius 1 is 1.54 bits per heavy atom. The summed E-state index contributed by atoms with van der Waals surface area (Å²) >= 11 is 4.96. The summed E-state index contributed by atoms with van der Waals surface area (Å²) < 4.78 is 16.6. The first kappa shape index (κ1) is 12.2. The van der Waals surface area contributed by atoms with Crippen molar-refractivity contribution in [1.82, 2.24) is 0 Å². The maximum atomic E-state index is 12.2. The van der Waals surface area contributed by atoms with Crippen LogP contribution in [0, 0.1) is 12.7 Å². The summed E-state index contributed by atoms with van der Waals surface area (Å²) in [5.74, 6) is -0.851. The molecule has 0 spiro atoms. The SMILES string of the molecule is COCCl.Cc1ccc(F)c(O)c1. The summed E-state index contributed by atoms with van der Waals surface area (Å²) in [5.41, 5.74) is 0.855. The van der Waals surface area contributed by atoms with Crippen molar-refractivity contribution >= 4 is 11.6 Å². The van der Waals surface area contributed by atoms with E-state index in [1.54, 1.807) is 20.1 Å². The van der Waals surface area contributed by atoms with Crippen molar-refractivity contribution in [3.05, 3.63) is 29.6 Å². The molecule has 1 rings (SSSR count). The third-order valence-corrected chi connectivity index (χ3v) is 1.43. The van der Waals surface area contributed by atoms with Gasteiger partial charge in [0, 0.05) is 7.11 Å². The lowest BCUT2D eigenvalue weighted by molar-refractivity contribution is 0.254. The van der Waals surface area contributed by atoms with Crippen LogP contribution < -0.4 is 0 Å². The van der Waals surface area contributed by atoms with Crippen LogP contribution >= 0.6 is 11.6 Å². The molecule has 1 aromatic carbocycles.